The molecule has 0 amide bonds. The van der Waals surface area contributed by atoms with E-state index in [4.69, 9.17) is 0 Å². The number of carboxylic acid groups (broad SMARTS) is 1. The minimum absolute atomic E-state index is 0. The van der Waals surface area contributed by atoms with Crippen molar-refractivity contribution < 1.29 is 82.0 Å². The molecule has 1 aromatic carbocycles. The van der Waals surface area contributed by atoms with Crippen molar-refractivity contribution >= 4 is 16.1 Å². The predicted octanol–water partition coefficient (Wildman–Crippen LogP) is -1.84. The van der Waals surface area contributed by atoms with Crippen molar-refractivity contribution in [3.63, 3.8) is 0 Å². The SMILES string of the molecule is CC(C)c1cc2c(cc1S(=O)(=O)O)C1(C)CCCC(C)(C(=O)O)C1CC2.[Na+].[Na+]. The van der Waals surface area contributed by atoms with Crippen LogP contribution in [0.1, 0.15) is 76.0 Å². The Bertz CT molecular complexity index is 868. The fourth-order valence-corrected chi connectivity index (χ4v) is 6.31. The third kappa shape index (κ3) is 4.31. The molecule has 0 radical (unpaired) electrons. The van der Waals surface area contributed by atoms with Crippen molar-refractivity contribution in [1.82, 2.24) is 0 Å². The molecule has 0 spiro atoms. The maximum Gasteiger partial charge on any atom is 1.00 e. The van der Waals surface area contributed by atoms with Gasteiger partial charge in [-0.15, -0.1) is 0 Å². The molecule has 2 aliphatic rings. The van der Waals surface area contributed by atoms with E-state index in [1.54, 1.807) is 6.07 Å². The third-order valence-corrected chi connectivity index (χ3v) is 7.78. The molecule has 28 heavy (non-hydrogen) atoms. The molecular formula is C20H28Na2O5S+2. The molecule has 0 aliphatic heterocycles. The molecule has 0 aromatic heterocycles. The Kier molecular flexibility index (Phi) is 8.55. The van der Waals surface area contributed by atoms with Gasteiger partial charge in [0, 0.05) is 0 Å². The van der Waals surface area contributed by atoms with Crippen LogP contribution in [0, 0.1) is 11.3 Å². The molecule has 0 saturated heterocycles. The van der Waals surface area contributed by atoms with Crippen molar-refractivity contribution in [3.8, 4) is 0 Å². The van der Waals surface area contributed by atoms with Crippen LogP contribution in [-0.4, -0.2) is 24.0 Å². The summed E-state index contributed by atoms with van der Waals surface area (Å²) in [6.45, 7) is 7.71. The van der Waals surface area contributed by atoms with Gasteiger partial charge in [0.15, 0.2) is 0 Å². The molecule has 0 heterocycles. The minimum atomic E-state index is -4.34. The van der Waals surface area contributed by atoms with Crippen molar-refractivity contribution in [2.45, 2.75) is 76.0 Å². The van der Waals surface area contributed by atoms with E-state index in [-0.39, 0.29) is 75.8 Å². The molecule has 3 unspecified atom stereocenters. The van der Waals surface area contributed by atoms with Gasteiger partial charge in [-0.3, -0.25) is 9.35 Å². The van der Waals surface area contributed by atoms with E-state index in [0.29, 0.717) is 12.0 Å². The topological polar surface area (TPSA) is 91.7 Å². The Hall–Kier alpha value is 0.600. The zero-order chi connectivity index (χ0) is 19.5. The number of benzene rings is 1. The monoisotopic (exact) mass is 426 g/mol. The molecule has 1 saturated carbocycles. The number of hydrogen-bond acceptors (Lipinski definition) is 3. The zero-order valence-electron chi connectivity index (χ0n) is 17.9. The Morgan fingerprint density at radius 2 is 1.79 bits per heavy atom. The maximum atomic E-state index is 12.0. The first-order valence-corrected chi connectivity index (χ1v) is 10.7. The molecule has 1 aromatic rings. The third-order valence-electron chi connectivity index (χ3n) is 6.87. The van der Waals surface area contributed by atoms with Gasteiger partial charge in [-0.1, -0.05) is 33.3 Å². The van der Waals surface area contributed by atoms with Crippen LogP contribution in [0.25, 0.3) is 0 Å². The number of fused-ring (bicyclic) bond motifs is 3. The van der Waals surface area contributed by atoms with E-state index < -0.39 is 26.9 Å². The van der Waals surface area contributed by atoms with Gasteiger partial charge < -0.3 is 5.11 Å². The Morgan fingerprint density at radius 1 is 1.18 bits per heavy atom. The first-order valence-electron chi connectivity index (χ1n) is 9.29. The summed E-state index contributed by atoms with van der Waals surface area (Å²) < 4.78 is 33.8. The van der Waals surface area contributed by atoms with Crippen molar-refractivity contribution in [2.24, 2.45) is 11.3 Å². The Balaban J connectivity index is 0.00000196. The van der Waals surface area contributed by atoms with E-state index >= 15 is 0 Å². The molecule has 2 aliphatic carbocycles. The van der Waals surface area contributed by atoms with Gasteiger partial charge in [-0.25, -0.2) is 0 Å². The van der Waals surface area contributed by atoms with Gasteiger partial charge in [-0.05, 0) is 72.6 Å². The second kappa shape index (κ2) is 8.99. The van der Waals surface area contributed by atoms with Crippen LogP contribution in [0.15, 0.2) is 17.0 Å². The fraction of sp³-hybridized carbons (Fsp3) is 0.650. The van der Waals surface area contributed by atoms with E-state index in [9.17, 15) is 22.9 Å². The van der Waals surface area contributed by atoms with Crippen LogP contribution in [0.2, 0.25) is 0 Å². The van der Waals surface area contributed by atoms with Gasteiger partial charge in [0.1, 0.15) is 0 Å². The first-order chi connectivity index (χ1) is 11.9. The van der Waals surface area contributed by atoms with Gasteiger partial charge in [-0.2, -0.15) is 8.42 Å². The molecule has 3 atom stereocenters. The van der Waals surface area contributed by atoms with E-state index in [1.807, 2.05) is 26.8 Å². The molecule has 3 rings (SSSR count). The van der Waals surface area contributed by atoms with Crippen LogP contribution in [0.5, 0.6) is 0 Å². The van der Waals surface area contributed by atoms with Gasteiger partial charge in [0.05, 0.1) is 10.3 Å². The Morgan fingerprint density at radius 3 is 2.29 bits per heavy atom. The molecule has 8 heteroatoms. The average molecular weight is 426 g/mol. The van der Waals surface area contributed by atoms with Crippen LogP contribution >= 0.6 is 0 Å². The predicted molar refractivity (Wildman–Crippen MR) is 99.1 cm³/mol. The zero-order valence-corrected chi connectivity index (χ0v) is 22.7. The molecule has 2 N–H and O–H groups in total. The normalized spacial score (nSPS) is 29.1. The molecule has 1 fully saturated rings. The molecular weight excluding hydrogens is 398 g/mol. The van der Waals surface area contributed by atoms with Gasteiger partial charge in [0.2, 0.25) is 0 Å². The minimum Gasteiger partial charge on any atom is -0.481 e. The van der Waals surface area contributed by atoms with Crippen LogP contribution in [0.3, 0.4) is 0 Å². The van der Waals surface area contributed by atoms with Crippen molar-refractivity contribution in [2.75, 3.05) is 0 Å². The largest absolute Gasteiger partial charge is 1.00 e. The number of carbonyl (C=O) groups is 1. The number of rotatable bonds is 3. The summed E-state index contributed by atoms with van der Waals surface area (Å²) >= 11 is 0. The van der Waals surface area contributed by atoms with E-state index in [0.717, 1.165) is 36.8 Å². The van der Waals surface area contributed by atoms with E-state index in [1.165, 1.54) is 0 Å². The summed E-state index contributed by atoms with van der Waals surface area (Å²) in [6.07, 6.45) is 3.80. The second-order valence-corrected chi connectivity index (χ2v) is 10.2. The Labute approximate surface area is 212 Å². The van der Waals surface area contributed by atoms with Crippen LogP contribution < -0.4 is 59.1 Å². The number of hydrogen-bond donors (Lipinski definition) is 2. The van der Waals surface area contributed by atoms with Crippen molar-refractivity contribution in [1.29, 1.82) is 0 Å². The standard InChI is InChI=1S/C20H28O5S.2Na/c1-12(2)14-10-13-6-7-17-19(3,8-5-9-20(17,4)18(21)22)15(13)11-16(14)26(23,24)25;;/h10-12,17H,5-9H2,1-4H3,(H,21,22)(H,23,24,25);;/q;2*+1. The quantitative estimate of drug-likeness (QED) is 0.438. The van der Waals surface area contributed by atoms with Gasteiger partial charge in [0.25, 0.3) is 10.1 Å². The summed E-state index contributed by atoms with van der Waals surface area (Å²) in [6, 6.07) is 3.54. The summed E-state index contributed by atoms with van der Waals surface area (Å²) in [5.74, 6) is -0.850. The summed E-state index contributed by atoms with van der Waals surface area (Å²) in [5, 5.41) is 9.86. The smallest absolute Gasteiger partial charge is 0.481 e. The maximum absolute atomic E-state index is 12.0. The van der Waals surface area contributed by atoms with Gasteiger partial charge >= 0.3 is 65.1 Å². The number of aryl methyl sites for hydroxylation is 1. The van der Waals surface area contributed by atoms with Crippen LogP contribution in [0.4, 0.5) is 0 Å². The summed E-state index contributed by atoms with van der Waals surface area (Å²) in [4.78, 5) is 12.0. The average Bonchev–Trinajstić information content (AvgIpc) is 2.52. The molecule has 5 nitrogen and oxygen atoms in total. The number of aliphatic carboxylic acids is 1. The summed E-state index contributed by atoms with van der Waals surface area (Å²) in [5.41, 5.74) is 1.42. The first kappa shape index (κ1) is 26.6. The second-order valence-electron chi connectivity index (χ2n) is 8.76. The van der Waals surface area contributed by atoms with Crippen LogP contribution in [-0.2, 0) is 26.7 Å². The molecule has 144 valence electrons. The molecule has 0 bridgehead atoms. The summed E-state index contributed by atoms with van der Waals surface area (Å²) in [7, 11) is -4.34. The fourth-order valence-electron chi connectivity index (χ4n) is 5.45. The van der Waals surface area contributed by atoms with E-state index in [2.05, 4.69) is 6.92 Å². The number of carboxylic acids is 1. The van der Waals surface area contributed by atoms with Crippen molar-refractivity contribution in [3.05, 3.63) is 28.8 Å².